The minimum atomic E-state index is -4.73. The van der Waals surface area contributed by atoms with Gasteiger partial charge in [0.25, 0.3) is 0 Å². The zero-order chi connectivity index (χ0) is 53.8. The van der Waals surface area contributed by atoms with Gasteiger partial charge in [-0.15, -0.1) is 11.3 Å². The summed E-state index contributed by atoms with van der Waals surface area (Å²) in [6.07, 6.45) is -5.18. The van der Waals surface area contributed by atoms with Crippen molar-refractivity contribution in [2.75, 3.05) is 4.90 Å². The number of nitrogens with zero attached hydrogens (tertiary/aromatic N) is 9. The Bertz CT molecular complexity index is 3320. The summed E-state index contributed by atoms with van der Waals surface area (Å²) in [5.41, 5.74) is 4.99. The number of anilines is 3. The van der Waals surface area contributed by atoms with Crippen molar-refractivity contribution in [2.45, 2.75) is 12.4 Å². The molecule has 10 rings (SSSR count). The molecule has 0 fully saturated rings. The SMILES string of the molecule is FC(F)(F)c1cc(-c2cc(-c3ccc(-c4ccc(N(c5ccccc5)c5ccccc5)cc4)s3)cc(-c3cc(C(F)(F)F)n[n-]3)n2)[n-]n1.O=C=O.O=C=O.O=C=O.[Ru+2].c1ccc(-c2cccc(-c3ccccn3)n2)nc1. The molecule has 0 aliphatic heterocycles. The summed E-state index contributed by atoms with van der Waals surface area (Å²) in [6, 6.07) is 53.6. The summed E-state index contributed by atoms with van der Waals surface area (Å²) in [7, 11) is 0. The molecule has 0 saturated carbocycles. The average molecular weight is 1140 g/mol. The van der Waals surface area contributed by atoms with Crippen molar-refractivity contribution in [1.82, 2.24) is 40.3 Å². The maximum atomic E-state index is 13.3. The number of halogens is 6. The van der Waals surface area contributed by atoms with E-state index in [9.17, 15) is 26.3 Å². The molecule has 0 unspecified atom stereocenters. The fourth-order valence-electron chi connectivity index (χ4n) is 6.83. The first-order valence-electron chi connectivity index (χ1n) is 21.3. The molecule has 10 aromatic rings. The summed E-state index contributed by atoms with van der Waals surface area (Å²) in [5.74, 6) is 0. The molecule has 7 heterocycles. The van der Waals surface area contributed by atoms with Crippen molar-refractivity contribution in [3.63, 3.8) is 0 Å². The minimum Gasteiger partial charge on any atom is -0.573 e. The molecule has 0 saturated heterocycles. The van der Waals surface area contributed by atoms with Crippen molar-refractivity contribution < 1.29 is 74.6 Å². The van der Waals surface area contributed by atoms with E-state index < -0.39 is 23.7 Å². The van der Waals surface area contributed by atoms with Crippen LogP contribution in [-0.2, 0) is 60.6 Å². The number of pyridine rings is 4. The zero-order valence-electron chi connectivity index (χ0n) is 38.4. The van der Waals surface area contributed by atoms with Crippen LogP contribution in [0.4, 0.5) is 43.4 Å². The molecule has 7 aromatic heterocycles. The van der Waals surface area contributed by atoms with E-state index in [2.05, 4.69) is 45.2 Å². The Balaban J connectivity index is 0.000000314. The van der Waals surface area contributed by atoms with E-state index in [0.29, 0.717) is 10.4 Å². The Morgan fingerprint density at radius 2 is 0.776 bits per heavy atom. The number of hydrogen-bond acceptors (Lipinski definition) is 14. The molecule has 380 valence electrons. The van der Waals surface area contributed by atoms with E-state index in [0.717, 1.165) is 62.4 Å². The summed E-state index contributed by atoms with van der Waals surface area (Å²) >= 11 is 1.40. The molecule has 0 atom stereocenters. The second-order valence-electron chi connectivity index (χ2n) is 14.7. The summed E-state index contributed by atoms with van der Waals surface area (Å²) < 4.78 is 79.7. The van der Waals surface area contributed by atoms with Crippen molar-refractivity contribution in [3.05, 3.63) is 200 Å². The number of rotatable bonds is 9. The van der Waals surface area contributed by atoms with E-state index in [1.807, 2.05) is 152 Å². The van der Waals surface area contributed by atoms with Gasteiger partial charge in [0.2, 0.25) is 0 Å². The van der Waals surface area contributed by atoms with Gasteiger partial charge in [-0.3, -0.25) is 15.0 Å². The van der Waals surface area contributed by atoms with Gasteiger partial charge < -0.3 is 25.3 Å². The number of para-hydroxylation sites is 2. The predicted molar refractivity (Wildman–Crippen MR) is 256 cm³/mol. The Morgan fingerprint density at radius 3 is 1.16 bits per heavy atom. The van der Waals surface area contributed by atoms with Gasteiger partial charge in [-0.1, -0.05) is 78.1 Å². The molecule has 0 aliphatic rings. The molecule has 0 bridgehead atoms. The first-order chi connectivity index (χ1) is 36.2. The minimum absolute atomic E-state index is 0. The van der Waals surface area contributed by atoms with Crippen LogP contribution in [0.15, 0.2) is 188 Å². The Morgan fingerprint density at radius 1 is 0.408 bits per heavy atom. The van der Waals surface area contributed by atoms with E-state index in [1.54, 1.807) is 12.4 Å². The third kappa shape index (κ3) is 15.5. The van der Waals surface area contributed by atoms with Crippen molar-refractivity contribution in [1.29, 1.82) is 0 Å². The van der Waals surface area contributed by atoms with Gasteiger partial charge >= 0.3 is 50.3 Å². The first kappa shape index (κ1) is 57.4. The molecule has 0 radical (unpaired) electrons. The topological polar surface area (TPSA) is 211 Å². The van der Waals surface area contributed by atoms with Gasteiger partial charge in [0.1, 0.15) is 11.4 Å². The first-order valence-corrected chi connectivity index (χ1v) is 22.1. The largest absolute Gasteiger partial charge is 2.00 e. The molecule has 0 amide bonds. The Hall–Kier alpha value is -9.48. The van der Waals surface area contributed by atoms with Crippen LogP contribution >= 0.6 is 11.3 Å². The van der Waals surface area contributed by atoms with E-state index in [-0.39, 0.29) is 60.7 Å². The Kier molecular flexibility index (Phi) is 20.8. The van der Waals surface area contributed by atoms with Crippen LogP contribution in [0.2, 0.25) is 0 Å². The van der Waals surface area contributed by atoms with Gasteiger partial charge in [0, 0.05) is 39.2 Å². The third-order valence-electron chi connectivity index (χ3n) is 9.94. The molecule has 15 nitrogen and oxygen atoms in total. The molecule has 0 aliphatic carbocycles. The maximum Gasteiger partial charge on any atom is 2.00 e. The van der Waals surface area contributed by atoms with Crippen LogP contribution in [0.3, 0.4) is 0 Å². The molecule has 76 heavy (non-hydrogen) atoms. The van der Waals surface area contributed by atoms with E-state index in [4.69, 9.17) is 28.8 Å². The van der Waals surface area contributed by atoms with Gasteiger partial charge in [-0.25, -0.2) is 4.98 Å². The molecular weight excluding hydrogens is 1110 g/mol. The monoisotopic (exact) mass is 1140 g/mol. The quantitative estimate of drug-likeness (QED) is 0.0971. The van der Waals surface area contributed by atoms with Crippen LogP contribution in [0.1, 0.15) is 11.4 Å². The molecule has 0 N–H and O–H groups in total. The normalized spacial score (nSPS) is 10.3. The molecular formula is C53H31F6N9O6RuS. The van der Waals surface area contributed by atoms with Gasteiger partial charge in [0.15, 0.2) is 0 Å². The van der Waals surface area contributed by atoms with Gasteiger partial charge in [-0.2, -0.15) is 55.1 Å². The molecule has 0 spiro atoms. The number of benzene rings is 3. The summed E-state index contributed by atoms with van der Waals surface area (Å²) in [6.45, 7) is 0. The fraction of sp³-hybridized carbons (Fsp3) is 0.0377. The van der Waals surface area contributed by atoms with Crippen LogP contribution in [0.5, 0.6) is 0 Å². The van der Waals surface area contributed by atoms with Crippen molar-refractivity contribution in [2.24, 2.45) is 0 Å². The predicted octanol–water partition coefficient (Wildman–Crippen LogP) is 11.5. The van der Waals surface area contributed by atoms with Crippen LogP contribution in [-0.4, -0.2) is 48.6 Å². The van der Waals surface area contributed by atoms with Crippen molar-refractivity contribution >= 4 is 46.9 Å². The fourth-order valence-corrected chi connectivity index (χ4v) is 7.82. The Labute approximate surface area is 443 Å². The molecule has 3 aromatic carbocycles. The average Bonchev–Trinajstić information content (AvgIpc) is 4.25. The standard InChI is InChI=1S/C35H20F6N6S.C15H11N3.3CO2.Ru/c36-34(37,38)32-19-28(43-45-32)26-17-22(18-27(42-26)29-20-33(46-44-29)35(39,40)41)31-16-15-30(48-31)21-11-13-25(14-12-21)47(23-7-3-1-4-8-23)24-9-5-2-6-10-24;1-3-10-16-12(6-1)14-8-5-9-15(18-14)13-7-2-4-11-17-13;3*2-1-3;/h1-20H;1-11H;;;;/q-2;;;;;+2. The number of aromatic nitrogens is 8. The van der Waals surface area contributed by atoms with Gasteiger partial charge in [-0.05, 0) is 120 Å². The molecule has 23 heteroatoms. The van der Waals surface area contributed by atoms with Crippen LogP contribution in [0, 0.1) is 0 Å². The summed E-state index contributed by atoms with van der Waals surface area (Å²) in [4.78, 5) is 70.0. The second-order valence-corrected chi connectivity index (χ2v) is 15.7. The van der Waals surface area contributed by atoms with Crippen LogP contribution in [0.25, 0.3) is 66.4 Å². The van der Waals surface area contributed by atoms with Gasteiger partial charge in [0.05, 0.1) is 34.2 Å². The smallest absolute Gasteiger partial charge is 0.573 e. The summed E-state index contributed by atoms with van der Waals surface area (Å²) in [5, 5.41) is 13.7. The van der Waals surface area contributed by atoms with E-state index >= 15 is 0 Å². The third-order valence-corrected chi connectivity index (χ3v) is 11.1. The zero-order valence-corrected chi connectivity index (χ0v) is 41.0. The maximum absolute atomic E-state index is 13.3. The number of alkyl halides is 6. The number of hydrogen-bond donors (Lipinski definition) is 0. The number of carbonyl (C=O) groups excluding carboxylic acids is 6. The van der Waals surface area contributed by atoms with Crippen molar-refractivity contribution in [3.8, 4) is 66.4 Å². The van der Waals surface area contributed by atoms with E-state index in [1.165, 1.54) is 23.5 Å². The van der Waals surface area contributed by atoms with Crippen LogP contribution < -0.4 is 15.1 Å². The number of thiophene rings is 1. The second kappa shape index (κ2) is 27.5.